The van der Waals surface area contributed by atoms with Crippen molar-refractivity contribution in [3.05, 3.63) is 35.4 Å². The van der Waals surface area contributed by atoms with Crippen molar-refractivity contribution in [3.8, 4) is 0 Å². The van der Waals surface area contributed by atoms with Crippen molar-refractivity contribution < 1.29 is 19.1 Å². The molecule has 1 aliphatic rings. The fourth-order valence-electron chi connectivity index (χ4n) is 2.67. The van der Waals surface area contributed by atoms with Gasteiger partial charge in [0.05, 0.1) is 18.3 Å². The number of ether oxygens (including phenoxy) is 2. The first-order chi connectivity index (χ1) is 11.5. The van der Waals surface area contributed by atoms with Crippen LogP contribution in [0.4, 0.5) is 0 Å². The average Bonchev–Trinajstić information content (AvgIpc) is 3.06. The number of carbonyl (C=O) groups excluding carboxylic acids is 2. The van der Waals surface area contributed by atoms with Gasteiger partial charge in [-0.1, -0.05) is 25.0 Å². The van der Waals surface area contributed by atoms with E-state index in [1.165, 1.54) is 0 Å². The van der Waals surface area contributed by atoms with Gasteiger partial charge in [0.15, 0.2) is 6.10 Å². The van der Waals surface area contributed by atoms with E-state index in [-0.39, 0.29) is 18.1 Å². The molecule has 0 aliphatic heterocycles. The lowest BCUT2D eigenvalue weighted by Crippen LogP contribution is -2.40. The minimum Gasteiger partial charge on any atom is -0.449 e. The molecule has 0 bridgehead atoms. The summed E-state index contributed by atoms with van der Waals surface area (Å²) in [6.45, 7) is 6.06. The zero-order valence-corrected chi connectivity index (χ0v) is 14.7. The summed E-state index contributed by atoms with van der Waals surface area (Å²) in [6.07, 6.45) is 3.67. The molecule has 1 atom stereocenters. The molecule has 1 saturated carbocycles. The van der Waals surface area contributed by atoms with Crippen LogP contribution in [0.2, 0.25) is 0 Å². The van der Waals surface area contributed by atoms with Crippen LogP contribution in [-0.2, 0) is 20.9 Å². The van der Waals surface area contributed by atoms with E-state index >= 15 is 0 Å². The Morgan fingerprint density at radius 2 is 1.75 bits per heavy atom. The second kappa shape index (κ2) is 8.83. The Morgan fingerprint density at radius 3 is 2.33 bits per heavy atom. The highest BCUT2D eigenvalue weighted by Crippen LogP contribution is 2.18. The van der Waals surface area contributed by atoms with Gasteiger partial charge in [0.2, 0.25) is 0 Å². The fourth-order valence-corrected chi connectivity index (χ4v) is 2.67. The lowest BCUT2D eigenvalue weighted by Gasteiger charge is -2.17. The van der Waals surface area contributed by atoms with Crippen molar-refractivity contribution in [3.63, 3.8) is 0 Å². The first-order valence-corrected chi connectivity index (χ1v) is 8.67. The highest BCUT2D eigenvalue weighted by Gasteiger charge is 2.23. The van der Waals surface area contributed by atoms with Crippen LogP contribution in [0.1, 0.15) is 62.4 Å². The third-order valence-corrected chi connectivity index (χ3v) is 4.13. The highest BCUT2D eigenvalue weighted by atomic mass is 16.5. The Balaban J connectivity index is 1.83. The summed E-state index contributed by atoms with van der Waals surface area (Å²) >= 11 is 0. The Labute approximate surface area is 143 Å². The van der Waals surface area contributed by atoms with Crippen LogP contribution in [0.25, 0.3) is 0 Å². The first kappa shape index (κ1) is 18.5. The van der Waals surface area contributed by atoms with E-state index in [0.717, 1.165) is 31.2 Å². The van der Waals surface area contributed by atoms with Crippen LogP contribution < -0.4 is 5.32 Å². The van der Waals surface area contributed by atoms with Crippen LogP contribution in [-0.4, -0.2) is 30.1 Å². The third-order valence-electron chi connectivity index (χ3n) is 4.13. The van der Waals surface area contributed by atoms with Crippen molar-refractivity contribution in [2.45, 2.75) is 71.3 Å². The zero-order chi connectivity index (χ0) is 17.5. The molecule has 1 amide bonds. The maximum absolute atomic E-state index is 12.1. The third kappa shape index (κ3) is 5.64. The largest absolute Gasteiger partial charge is 0.449 e. The minimum absolute atomic E-state index is 0.161. The monoisotopic (exact) mass is 333 g/mol. The summed E-state index contributed by atoms with van der Waals surface area (Å²) in [5.41, 5.74) is 1.43. The minimum atomic E-state index is -0.790. The maximum Gasteiger partial charge on any atom is 0.338 e. The lowest BCUT2D eigenvalue weighted by molar-refractivity contribution is -0.129. The van der Waals surface area contributed by atoms with Crippen LogP contribution in [0.5, 0.6) is 0 Å². The van der Waals surface area contributed by atoms with Gasteiger partial charge in [0.25, 0.3) is 5.91 Å². The summed E-state index contributed by atoms with van der Waals surface area (Å²) in [5.74, 6) is -0.711. The molecule has 5 heteroatoms. The molecular weight excluding hydrogens is 306 g/mol. The fraction of sp³-hybridized carbons (Fsp3) is 0.579. The van der Waals surface area contributed by atoms with Gasteiger partial charge in [-0.25, -0.2) is 4.79 Å². The summed E-state index contributed by atoms with van der Waals surface area (Å²) in [6, 6.07) is 7.29. The van der Waals surface area contributed by atoms with Crippen LogP contribution in [0, 0.1) is 0 Å². The van der Waals surface area contributed by atoms with Gasteiger partial charge in [-0.05, 0) is 51.3 Å². The standard InChI is InChI=1S/C19H27NO4/c1-13(2)23-12-15-8-10-16(11-9-15)19(22)24-14(3)18(21)20-17-6-4-5-7-17/h8-11,13-14,17H,4-7,12H2,1-3H3,(H,20,21)/t14-/m0/s1. The molecule has 0 radical (unpaired) electrons. The Hall–Kier alpha value is -1.88. The molecule has 1 aromatic rings. The zero-order valence-electron chi connectivity index (χ0n) is 14.7. The molecule has 0 saturated heterocycles. The predicted molar refractivity (Wildman–Crippen MR) is 91.6 cm³/mol. The average molecular weight is 333 g/mol. The van der Waals surface area contributed by atoms with E-state index in [9.17, 15) is 9.59 Å². The quantitative estimate of drug-likeness (QED) is 0.778. The lowest BCUT2D eigenvalue weighted by atomic mass is 10.1. The van der Waals surface area contributed by atoms with Crippen molar-refractivity contribution in [2.75, 3.05) is 0 Å². The van der Waals surface area contributed by atoms with Crippen molar-refractivity contribution in [2.24, 2.45) is 0 Å². The molecule has 0 aromatic heterocycles. The molecular formula is C19H27NO4. The number of nitrogens with one attached hydrogen (secondary N) is 1. The van der Waals surface area contributed by atoms with E-state index in [2.05, 4.69) is 5.32 Å². The topological polar surface area (TPSA) is 64.6 Å². The Bertz CT molecular complexity index is 547. The van der Waals surface area contributed by atoms with Gasteiger partial charge in [0, 0.05) is 6.04 Å². The summed E-state index contributed by atoms with van der Waals surface area (Å²) in [7, 11) is 0. The van der Waals surface area contributed by atoms with E-state index in [1.54, 1.807) is 19.1 Å². The number of esters is 1. The molecule has 0 spiro atoms. The maximum atomic E-state index is 12.1. The summed E-state index contributed by atoms with van der Waals surface area (Å²) in [4.78, 5) is 24.2. The van der Waals surface area contributed by atoms with Crippen molar-refractivity contribution in [1.29, 1.82) is 0 Å². The second-order valence-corrected chi connectivity index (χ2v) is 6.59. The molecule has 1 N–H and O–H groups in total. The van der Waals surface area contributed by atoms with Crippen molar-refractivity contribution >= 4 is 11.9 Å². The number of amides is 1. The first-order valence-electron chi connectivity index (χ1n) is 8.67. The molecule has 0 unspecified atom stereocenters. The molecule has 132 valence electrons. The molecule has 5 nitrogen and oxygen atoms in total. The SMILES string of the molecule is CC(C)OCc1ccc(C(=O)O[C@@H](C)C(=O)NC2CCCC2)cc1. The second-order valence-electron chi connectivity index (χ2n) is 6.59. The van der Waals surface area contributed by atoms with Gasteiger partial charge in [-0.15, -0.1) is 0 Å². The Morgan fingerprint density at radius 1 is 1.12 bits per heavy atom. The van der Waals surface area contributed by atoms with Gasteiger partial charge >= 0.3 is 5.97 Å². The predicted octanol–water partition coefficient (Wildman–Crippen LogP) is 3.22. The summed E-state index contributed by atoms with van der Waals surface area (Å²) < 4.78 is 10.8. The number of rotatable bonds is 7. The normalized spacial score (nSPS) is 16.2. The molecule has 1 fully saturated rings. The van der Waals surface area contributed by atoms with E-state index < -0.39 is 12.1 Å². The number of hydrogen-bond donors (Lipinski definition) is 1. The van der Waals surface area contributed by atoms with Crippen LogP contribution >= 0.6 is 0 Å². The summed E-state index contributed by atoms with van der Waals surface area (Å²) in [5, 5.41) is 2.94. The molecule has 2 rings (SSSR count). The highest BCUT2D eigenvalue weighted by molar-refractivity contribution is 5.92. The van der Waals surface area contributed by atoms with Crippen LogP contribution in [0.3, 0.4) is 0 Å². The van der Waals surface area contributed by atoms with Gasteiger partial charge in [0.1, 0.15) is 0 Å². The number of carbonyl (C=O) groups is 2. The molecule has 1 aliphatic carbocycles. The van der Waals surface area contributed by atoms with E-state index in [1.807, 2.05) is 26.0 Å². The van der Waals surface area contributed by atoms with Gasteiger partial charge in [-0.2, -0.15) is 0 Å². The number of hydrogen-bond acceptors (Lipinski definition) is 4. The molecule has 24 heavy (non-hydrogen) atoms. The van der Waals surface area contributed by atoms with Gasteiger partial charge < -0.3 is 14.8 Å². The number of benzene rings is 1. The van der Waals surface area contributed by atoms with Crippen molar-refractivity contribution in [1.82, 2.24) is 5.32 Å². The Kier molecular flexibility index (Phi) is 6.79. The molecule has 1 aromatic carbocycles. The van der Waals surface area contributed by atoms with Gasteiger partial charge in [-0.3, -0.25) is 4.79 Å². The molecule has 0 heterocycles. The van der Waals surface area contributed by atoms with Crippen LogP contribution in [0.15, 0.2) is 24.3 Å². The smallest absolute Gasteiger partial charge is 0.338 e. The van der Waals surface area contributed by atoms with E-state index in [0.29, 0.717) is 12.2 Å². The van der Waals surface area contributed by atoms with E-state index in [4.69, 9.17) is 9.47 Å².